The van der Waals surface area contributed by atoms with Gasteiger partial charge in [0.15, 0.2) is 5.13 Å². The molecule has 5 N–H and O–H groups in total. The fourth-order valence-electron chi connectivity index (χ4n) is 1.49. The van der Waals surface area contributed by atoms with Crippen molar-refractivity contribution in [1.29, 1.82) is 0 Å². The Bertz CT molecular complexity index is 535. The molecule has 1 heterocycles. The van der Waals surface area contributed by atoms with Crippen LogP contribution in [0.3, 0.4) is 0 Å². The van der Waals surface area contributed by atoms with Crippen molar-refractivity contribution in [2.24, 2.45) is 0 Å². The Balaban J connectivity index is 1.82. The maximum Gasteiger partial charge on any atom is 0.270 e. The minimum absolute atomic E-state index is 0.196. The second-order valence-electron chi connectivity index (χ2n) is 3.82. The fourth-order valence-corrected chi connectivity index (χ4v) is 2.03. The number of amides is 1. The Hall–Kier alpha value is -2.08. The minimum atomic E-state index is -0.196. The maximum absolute atomic E-state index is 11.7. The second kappa shape index (κ2) is 5.50. The van der Waals surface area contributed by atoms with Crippen molar-refractivity contribution in [3.63, 3.8) is 0 Å². The summed E-state index contributed by atoms with van der Waals surface area (Å²) in [6, 6.07) is 7.58. The number of hydrogen-bond donors (Lipinski definition) is 3. The van der Waals surface area contributed by atoms with E-state index in [2.05, 4.69) is 10.3 Å². The van der Waals surface area contributed by atoms with Gasteiger partial charge in [0.25, 0.3) is 5.91 Å². The Kier molecular flexibility index (Phi) is 3.78. The first-order valence-electron chi connectivity index (χ1n) is 5.49. The third-order valence-corrected chi connectivity index (χ3v) is 3.11. The van der Waals surface area contributed by atoms with E-state index in [1.54, 1.807) is 5.38 Å². The molecule has 0 saturated carbocycles. The largest absolute Gasteiger partial charge is 0.399 e. The number of rotatable bonds is 4. The highest BCUT2D eigenvalue weighted by Crippen LogP contribution is 2.10. The zero-order valence-electron chi connectivity index (χ0n) is 9.72. The number of nitrogens with two attached hydrogens (primary N) is 2. The molecule has 0 aliphatic carbocycles. The molecule has 1 aromatic carbocycles. The van der Waals surface area contributed by atoms with Gasteiger partial charge in [-0.1, -0.05) is 12.1 Å². The van der Waals surface area contributed by atoms with E-state index in [9.17, 15) is 4.79 Å². The summed E-state index contributed by atoms with van der Waals surface area (Å²) in [4.78, 5) is 15.6. The van der Waals surface area contributed by atoms with Gasteiger partial charge in [-0.2, -0.15) is 0 Å². The Morgan fingerprint density at radius 1 is 1.28 bits per heavy atom. The van der Waals surface area contributed by atoms with Crippen LogP contribution in [0.4, 0.5) is 10.8 Å². The Labute approximate surface area is 109 Å². The number of benzene rings is 1. The van der Waals surface area contributed by atoms with E-state index in [1.165, 1.54) is 11.3 Å². The molecule has 1 aromatic heterocycles. The summed E-state index contributed by atoms with van der Waals surface area (Å²) in [6.07, 6.45) is 0.756. The van der Waals surface area contributed by atoms with Crippen molar-refractivity contribution in [3.8, 4) is 0 Å². The van der Waals surface area contributed by atoms with Crippen molar-refractivity contribution in [1.82, 2.24) is 10.3 Å². The number of nitrogens with zero attached hydrogens (tertiary/aromatic N) is 1. The second-order valence-corrected chi connectivity index (χ2v) is 4.71. The molecule has 0 fully saturated rings. The molecule has 0 radical (unpaired) electrons. The van der Waals surface area contributed by atoms with Crippen molar-refractivity contribution >= 4 is 28.1 Å². The average molecular weight is 262 g/mol. The van der Waals surface area contributed by atoms with Gasteiger partial charge < -0.3 is 16.8 Å². The van der Waals surface area contributed by atoms with Crippen LogP contribution in [0.1, 0.15) is 16.1 Å². The number of anilines is 2. The molecule has 0 unspecified atom stereocenters. The van der Waals surface area contributed by atoms with Gasteiger partial charge in [0.05, 0.1) is 0 Å². The summed E-state index contributed by atoms with van der Waals surface area (Å²) >= 11 is 1.26. The highest BCUT2D eigenvalue weighted by atomic mass is 32.1. The van der Waals surface area contributed by atoms with Gasteiger partial charge in [-0.25, -0.2) is 4.98 Å². The third kappa shape index (κ3) is 3.21. The molecule has 5 nitrogen and oxygen atoms in total. The normalized spacial score (nSPS) is 10.2. The molecule has 0 bridgehead atoms. The summed E-state index contributed by atoms with van der Waals surface area (Å²) in [5, 5.41) is 4.84. The van der Waals surface area contributed by atoms with Crippen LogP contribution in [0.15, 0.2) is 29.6 Å². The maximum atomic E-state index is 11.7. The van der Waals surface area contributed by atoms with E-state index < -0.39 is 0 Å². The first kappa shape index (κ1) is 12.4. The van der Waals surface area contributed by atoms with Crippen molar-refractivity contribution in [2.45, 2.75) is 6.42 Å². The van der Waals surface area contributed by atoms with E-state index in [1.807, 2.05) is 24.3 Å². The molecule has 0 aliphatic rings. The lowest BCUT2D eigenvalue weighted by Crippen LogP contribution is -2.26. The van der Waals surface area contributed by atoms with Gasteiger partial charge in [0.1, 0.15) is 5.69 Å². The number of aromatic nitrogens is 1. The lowest BCUT2D eigenvalue weighted by Gasteiger charge is -2.03. The van der Waals surface area contributed by atoms with Gasteiger partial charge in [-0.15, -0.1) is 11.3 Å². The van der Waals surface area contributed by atoms with Crippen LogP contribution >= 0.6 is 11.3 Å². The summed E-state index contributed by atoms with van der Waals surface area (Å²) in [7, 11) is 0. The molecule has 0 spiro atoms. The number of thiazole rings is 1. The molecule has 0 atom stereocenters. The summed E-state index contributed by atoms with van der Waals surface area (Å²) in [5.74, 6) is -0.196. The highest BCUT2D eigenvalue weighted by Gasteiger charge is 2.08. The molecule has 1 amide bonds. The number of carbonyl (C=O) groups excluding carboxylic acids is 1. The van der Waals surface area contributed by atoms with Crippen LogP contribution in [0.2, 0.25) is 0 Å². The van der Waals surface area contributed by atoms with Crippen molar-refractivity contribution < 1.29 is 4.79 Å². The predicted molar refractivity (Wildman–Crippen MR) is 73.4 cm³/mol. The van der Waals surface area contributed by atoms with Gasteiger partial charge in [-0.3, -0.25) is 4.79 Å². The molecule has 94 valence electrons. The minimum Gasteiger partial charge on any atom is -0.399 e. The van der Waals surface area contributed by atoms with Crippen molar-refractivity contribution in [3.05, 3.63) is 40.9 Å². The van der Waals surface area contributed by atoms with Crippen LogP contribution in [-0.2, 0) is 6.42 Å². The summed E-state index contributed by atoms with van der Waals surface area (Å²) in [6.45, 7) is 0.556. The van der Waals surface area contributed by atoms with Crippen molar-refractivity contribution in [2.75, 3.05) is 18.0 Å². The van der Waals surface area contributed by atoms with E-state index in [0.717, 1.165) is 17.7 Å². The van der Waals surface area contributed by atoms with E-state index in [-0.39, 0.29) is 5.91 Å². The number of nitrogens with one attached hydrogen (secondary N) is 1. The van der Waals surface area contributed by atoms with Gasteiger partial charge >= 0.3 is 0 Å². The van der Waals surface area contributed by atoms with Crippen LogP contribution in [0.5, 0.6) is 0 Å². The first-order chi connectivity index (χ1) is 8.65. The topological polar surface area (TPSA) is 94.0 Å². The molecule has 6 heteroatoms. The smallest absolute Gasteiger partial charge is 0.270 e. The van der Waals surface area contributed by atoms with Gasteiger partial charge in [0.2, 0.25) is 0 Å². The van der Waals surface area contributed by atoms with Crippen LogP contribution in [0.25, 0.3) is 0 Å². The van der Waals surface area contributed by atoms with E-state index in [0.29, 0.717) is 17.4 Å². The van der Waals surface area contributed by atoms with Gasteiger partial charge in [-0.05, 0) is 24.1 Å². The predicted octanol–water partition coefficient (Wildman–Crippen LogP) is 1.28. The van der Waals surface area contributed by atoms with E-state index in [4.69, 9.17) is 11.5 Å². The highest BCUT2D eigenvalue weighted by molar-refractivity contribution is 7.13. The molecular formula is C12H14N4OS. The first-order valence-corrected chi connectivity index (χ1v) is 6.37. The van der Waals surface area contributed by atoms with E-state index >= 15 is 0 Å². The molecule has 18 heavy (non-hydrogen) atoms. The number of carbonyl (C=O) groups is 1. The number of nitrogen functional groups attached to an aromatic ring is 2. The molecule has 2 rings (SSSR count). The Morgan fingerprint density at radius 2 is 2.00 bits per heavy atom. The summed E-state index contributed by atoms with van der Waals surface area (Å²) in [5.41, 5.74) is 13.3. The monoisotopic (exact) mass is 262 g/mol. The summed E-state index contributed by atoms with van der Waals surface area (Å²) < 4.78 is 0. The number of hydrogen-bond acceptors (Lipinski definition) is 5. The fraction of sp³-hybridized carbons (Fsp3) is 0.167. The van der Waals surface area contributed by atoms with Crippen LogP contribution in [0, 0.1) is 0 Å². The lowest BCUT2D eigenvalue weighted by molar-refractivity contribution is 0.0950. The molecule has 0 saturated heterocycles. The standard InChI is InChI=1S/C12H14N4OS/c13-9-3-1-8(2-4-9)5-6-15-11(17)10-7-18-12(14)16-10/h1-4,7H,5-6,13H2,(H2,14,16)(H,15,17). The van der Waals surface area contributed by atoms with Gasteiger partial charge in [0, 0.05) is 17.6 Å². The quantitative estimate of drug-likeness (QED) is 0.723. The third-order valence-electron chi connectivity index (χ3n) is 2.43. The van der Waals surface area contributed by atoms with Crippen LogP contribution in [-0.4, -0.2) is 17.4 Å². The average Bonchev–Trinajstić information content (AvgIpc) is 2.78. The molecule has 0 aliphatic heterocycles. The molecule has 2 aromatic rings. The van der Waals surface area contributed by atoms with Crippen LogP contribution < -0.4 is 16.8 Å². The zero-order chi connectivity index (χ0) is 13.0. The Morgan fingerprint density at radius 3 is 2.61 bits per heavy atom. The molecular weight excluding hydrogens is 248 g/mol. The zero-order valence-corrected chi connectivity index (χ0v) is 10.5. The SMILES string of the molecule is Nc1ccc(CCNC(=O)c2csc(N)n2)cc1. The lowest BCUT2D eigenvalue weighted by atomic mass is 10.1.